The monoisotopic (exact) mass is 419 g/mol. The molecule has 2 unspecified atom stereocenters. The summed E-state index contributed by atoms with van der Waals surface area (Å²) in [6, 6.07) is 2.45. The average molecular weight is 420 g/mol. The number of nitrogens with zero attached hydrogens (tertiary/aromatic N) is 2. The quantitative estimate of drug-likeness (QED) is 0.426. The molecule has 0 bridgehead atoms. The van der Waals surface area contributed by atoms with Crippen LogP contribution in [0.3, 0.4) is 0 Å². The first kappa shape index (κ1) is 18.4. The zero-order valence-corrected chi connectivity index (χ0v) is 15.6. The van der Waals surface area contributed by atoms with E-state index in [4.69, 9.17) is 28.3 Å². The van der Waals surface area contributed by atoms with Gasteiger partial charge >= 0.3 is 5.97 Å². The Morgan fingerprint density at radius 3 is 2.72 bits per heavy atom. The van der Waals surface area contributed by atoms with E-state index in [9.17, 15) is 14.4 Å². The molecule has 3 rings (SSSR count). The number of halogens is 2. The van der Waals surface area contributed by atoms with E-state index in [-0.39, 0.29) is 33.0 Å². The Balaban J connectivity index is 1.57. The van der Waals surface area contributed by atoms with Gasteiger partial charge in [-0.3, -0.25) is 14.5 Å². The molecule has 2 amide bonds. The van der Waals surface area contributed by atoms with Gasteiger partial charge in [0.25, 0.3) is 5.91 Å². The summed E-state index contributed by atoms with van der Waals surface area (Å²) in [4.78, 5) is 41.1. The van der Waals surface area contributed by atoms with Crippen molar-refractivity contribution in [3.8, 4) is 0 Å². The molecule has 2 aliphatic rings. The molecule has 1 aromatic heterocycles. The summed E-state index contributed by atoms with van der Waals surface area (Å²) in [5.41, 5.74) is -0.0327. The molecule has 1 aromatic rings. The lowest BCUT2D eigenvalue weighted by atomic mass is 10.1. The first-order valence-corrected chi connectivity index (χ1v) is 9.79. The van der Waals surface area contributed by atoms with Gasteiger partial charge in [0.15, 0.2) is 0 Å². The fourth-order valence-corrected chi connectivity index (χ4v) is 4.98. The lowest BCUT2D eigenvalue weighted by Crippen LogP contribution is -2.70. The van der Waals surface area contributed by atoms with Gasteiger partial charge < -0.3 is 10.4 Å². The Labute approximate surface area is 161 Å². The first-order chi connectivity index (χ1) is 11.9. The number of rotatable bonds is 5. The number of thioether (sulfide) groups is 2. The number of carboxylic acids is 1. The van der Waals surface area contributed by atoms with E-state index in [2.05, 4.69) is 10.3 Å². The number of fused-ring (bicyclic) bond motifs is 1. The molecule has 1 fully saturated rings. The minimum absolute atomic E-state index is 0.0327. The third kappa shape index (κ3) is 3.89. The van der Waals surface area contributed by atoms with Crippen molar-refractivity contribution in [3.05, 3.63) is 34.2 Å². The number of pyridine rings is 1. The van der Waals surface area contributed by atoms with Crippen molar-refractivity contribution in [3.63, 3.8) is 0 Å². The maximum absolute atomic E-state index is 12.2. The van der Waals surface area contributed by atoms with Gasteiger partial charge in [-0.15, -0.1) is 23.5 Å². The number of carbonyl (C=O) groups excluding carboxylic acids is 2. The lowest BCUT2D eigenvalue weighted by molar-refractivity contribution is -0.150. The number of amides is 2. The van der Waals surface area contributed by atoms with Crippen LogP contribution in [-0.4, -0.2) is 55.7 Å². The standard InChI is InChI=1S/C14H11Cl2N3O4S2/c15-8-3-6(4-9(16)17-8)25-5-10(20)18-11-12(21)19-7(14(22)23)1-2-24-13(11)19/h1,3-4,11,13H,2,5H2,(H,18,20)(H,22,23). The second-order valence-electron chi connectivity index (χ2n) is 5.11. The predicted molar refractivity (Wildman–Crippen MR) is 95.7 cm³/mol. The van der Waals surface area contributed by atoms with Gasteiger partial charge in [0.1, 0.15) is 27.4 Å². The molecule has 11 heteroatoms. The minimum Gasteiger partial charge on any atom is -0.477 e. The van der Waals surface area contributed by atoms with Gasteiger partial charge in [0.05, 0.1) is 5.75 Å². The Kier molecular flexibility index (Phi) is 5.47. The van der Waals surface area contributed by atoms with Crippen molar-refractivity contribution in [2.24, 2.45) is 0 Å². The van der Waals surface area contributed by atoms with Crippen molar-refractivity contribution in [1.82, 2.24) is 15.2 Å². The van der Waals surface area contributed by atoms with Gasteiger partial charge in [-0.2, -0.15) is 0 Å². The molecular weight excluding hydrogens is 409 g/mol. The van der Waals surface area contributed by atoms with Crippen molar-refractivity contribution in [2.45, 2.75) is 16.3 Å². The highest BCUT2D eigenvalue weighted by Gasteiger charge is 2.52. The molecule has 7 nitrogen and oxygen atoms in total. The van der Waals surface area contributed by atoms with E-state index in [0.717, 1.165) is 0 Å². The van der Waals surface area contributed by atoms with Gasteiger partial charge in [0, 0.05) is 10.6 Å². The molecule has 132 valence electrons. The molecule has 2 atom stereocenters. The summed E-state index contributed by atoms with van der Waals surface area (Å²) >= 11 is 14.2. The van der Waals surface area contributed by atoms with Crippen LogP contribution in [0.5, 0.6) is 0 Å². The van der Waals surface area contributed by atoms with Gasteiger partial charge in [-0.25, -0.2) is 9.78 Å². The third-order valence-corrected chi connectivity index (χ3v) is 6.03. The summed E-state index contributed by atoms with van der Waals surface area (Å²) in [6.07, 6.45) is 1.49. The molecule has 0 aliphatic carbocycles. The maximum Gasteiger partial charge on any atom is 0.352 e. The van der Waals surface area contributed by atoms with Crippen LogP contribution < -0.4 is 5.32 Å². The molecule has 1 saturated heterocycles. The van der Waals surface area contributed by atoms with Crippen molar-refractivity contribution < 1.29 is 19.5 Å². The molecule has 0 spiro atoms. The first-order valence-electron chi connectivity index (χ1n) is 7.00. The molecular formula is C14H11Cl2N3O4S2. The highest BCUT2D eigenvalue weighted by atomic mass is 35.5. The average Bonchev–Trinajstić information content (AvgIpc) is 2.56. The molecule has 3 heterocycles. The highest BCUT2D eigenvalue weighted by Crippen LogP contribution is 2.37. The maximum atomic E-state index is 12.2. The largest absolute Gasteiger partial charge is 0.477 e. The van der Waals surface area contributed by atoms with Crippen LogP contribution in [0.1, 0.15) is 0 Å². The Hall–Kier alpha value is -1.42. The van der Waals surface area contributed by atoms with Crippen LogP contribution in [0.15, 0.2) is 28.8 Å². The number of aliphatic carboxylic acids is 1. The summed E-state index contributed by atoms with van der Waals surface area (Å²) in [5, 5.41) is 11.8. The molecule has 25 heavy (non-hydrogen) atoms. The number of nitrogens with one attached hydrogen (secondary N) is 1. The van der Waals surface area contributed by atoms with Crippen LogP contribution in [-0.2, 0) is 14.4 Å². The van der Waals surface area contributed by atoms with E-state index in [1.54, 1.807) is 12.1 Å². The second kappa shape index (κ2) is 7.45. The summed E-state index contributed by atoms with van der Waals surface area (Å²) in [5.74, 6) is -1.35. The Bertz CT molecular complexity index is 769. The van der Waals surface area contributed by atoms with E-state index in [0.29, 0.717) is 10.6 Å². The summed E-state index contributed by atoms with van der Waals surface area (Å²) in [6.45, 7) is 0. The number of hydrogen-bond acceptors (Lipinski definition) is 6. The summed E-state index contributed by atoms with van der Waals surface area (Å²) < 4.78 is 0. The van der Waals surface area contributed by atoms with Gasteiger partial charge in [-0.1, -0.05) is 23.2 Å². The Morgan fingerprint density at radius 1 is 1.40 bits per heavy atom. The number of carboxylic acid groups (broad SMARTS) is 1. The summed E-state index contributed by atoms with van der Waals surface area (Å²) in [7, 11) is 0. The molecule has 0 aromatic carbocycles. The van der Waals surface area contributed by atoms with Crippen LogP contribution in [0.4, 0.5) is 0 Å². The highest BCUT2D eigenvalue weighted by molar-refractivity contribution is 8.00. The molecule has 2 aliphatic heterocycles. The lowest BCUT2D eigenvalue weighted by Gasteiger charge is -2.48. The van der Waals surface area contributed by atoms with Crippen LogP contribution in [0, 0.1) is 0 Å². The zero-order chi connectivity index (χ0) is 18.1. The topological polar surface area (TPSA) is 99.6 Å². The molecule has 0 radical (unpaired) electrons. The van der Waals surface area contributed by atoms with Gasteiger partial charge in [0.2, 0.25) is 5.91 Å². The van der Waals surface area contributed by atoms with E-state index < -0.39 is 17.9 Å². The zero-order valence-electron chi connectivity index (χ0n) is 12.4. The number of β-lactam (4-membered cyclic amide) rings is 1. The third-order valence-electron chi connectivity index (χ3n) is 3.49. The normalized spacial score (nSPS) is 21.9. The fourth-order valence-electron chi connectivity index (χ4n) is 2.43. The van der Waals surface area contributed by atoms with Crippen LogP contribution >= 0.6 is 46.7 Å². The minimum atomic E-state index is -1.15. The molecule has 2 N–H and O–H groups in total. The van der Waals surface area contributed by atoms with E-state index in [1.165, 1.54) is 34.5 Å². The van der Waals surface area contributed by atoms with Crippen molar-refractivity contribution in [2.75, 3.05) is 11.5 Å². The van der Waals surface area contributed by atoms with Crippen LogP contribution in [0.25, 0.3) is 0 Å². The number of hydrogen-bond donors (Lipinski definition) is 2. The van der Waals surface area contributed by atoms with E-state index >= 15 is 0 Å². The fraction of sp³-hybridized carbons (Fsp3) is 0.286. The second-order valence-corrected chi connectivity index (χ2v) is 8.08. The predicted octanol–water partition coefficient (Wildman–Crippen LogP) is 1.85. The smallest absolute Gasteiger partial charge is 0.352 e. The van der Waals surface area contributed by atoms with Crippen LogP contribution in [0.2, 0.25) is 10.3 Å². The molecule has 0 saturated carbocycles. The van der Waals surface area contributed by atoms with Crippen molar-refractivity contribution >= 4 is 64.5 Å². The van der Waals surface area contributed by atoms with E-state index in [1.807, 2.05) is 0 Å². The number of aromatic nitrogens is 1. The Morgan fingerprint density at radius 2 is 2.08 bits per heavy atom. The van der Waals surface area contributed by atoms with Crippen molar-refractivity contribution in [1.29, 1.82) is 0 Å². The van der Waals surface area contributed by atoms with Gasteiger partial charge in [-0.05, 0) is 18.2 Å². The number of carbonyl (C=O) groups is 3. The SMILES string of the molecule is O=C(CSc1cc(Cl)nc(Cl)c1)NC1C(=O)N2C(C(=O)O)=CCSC12.